The maximum atomic E-state index is 5.61. The van der Waals surface area contributed by atoms with Crippen LogP contribution in [-0.4, -0.2) is 9.55 Å². The number of rotatable bonds is 4. The zero-order chi connectivity index (χ0) is 9.84. The Morgan fingerprint density at radius 1 is 1.46 bits per heavy atom. The van der Waals surface area contributed by atoms with Gasteiger partial charge in [0.15, 0.2) is 0 Å². The fourth-order valence-corrected chi connectivity index (χ4v) is 1.55. The molecule has 0 unspecified atom stereocenters. The van der Waals surface area contributed by atoms with Gasteiger partial charge in [0.1, 0.15) is 11.6 Å². The summed E-state index contributed by atoms with van der Waals surface area (Å²) in [4.78, 5) is 4.29. The Balaban J connectivity index is 2.67. The van der Waals surface area contributed by atoms with Crippen molar-refractivity contribution in [3.8, 4) is 0 Å². The lowest BCUT2D eigenvalue weighted by molar-refractivity contribution is 0.472. The van der Waals surface area contributed by atoms with Gasteiger partial charge in [-0.05, 0) is 5.92 Å². The maximum absolute atomic E-state index is 5.61. The van der Waals surface area contributed by atoms with E-state index in [-0.39, 0.29) is 0 Å². The SMILES string of the molecule is CCC(CC)Cc1nc(N)cn1C. The van der Waals surface area contributed by atoms with Gasteiger partial charge in [-0.2, -0.15) is 0 Å². The van der Waals surface area contributed by atoms with E-state index in [9.17, 15) is 0 Å². The van der Waals surface area contributed by atoms with Gasteiger partial charge >= 0.3 is 0 Å². The summed E-state index contributed by atoms with van der Waals surface area (Å²) in [5, 5.41) is 0. The van der Waals surface area contributed by atoms with Crippen molar-refractivity contribution in [3.63, 3.8) is 0 Å². The van der Waals surface area contributed by atoms with Crippen molar-refractivity contribution in [2.45, 2.75) is 33.1 Å². The van der Waals surface area contributed by atoms with Crippen molar-refractivity contribution in [2.24, 2.45) is 13.0 Å². The number of anilines is 1. The van der Waals surface area contributed by atoms with Crippen LogP contribution in [0.1, 0.15) is 32.5 Å². The Hall–Kier alpha value is -0.990. The minimum absolute atomic E-state index is 0.628. The van der Waals surface area contributed by atoms with Crippen molar-refractivity contribution in [1.82, 2.24) is 9.55 Å². The molecule has 0 aliphatic heterocycles. The third kappa shape index (κ3) is 2.47. The van der Waals surface area contributed by atoms with Gasteiger partial charge in [-0.3, -0.25) is 0 Å². The molecule has 0 saturated heterocycles. The monoisotopic (exact) mass is 181 g/mol. The minimum Gasteiger partial charge on any atom is -0.382 e. The molecule has 74 valence electrons. The topological polar surface area (TPSA) is 43.8 Å². The van der Waals surface area contributed by atoms with Crippen LogP contribution in [0.15, 0.2) is 6.20 Å². The van der Waals surface area contributed by atoms with Crippen LogP contribution in [0.4, 0.5) is 5.82 Å². The van der Waals surface area contributed by atoms with Gasteiger partial charge in [0.05, 0.1) is 0 Å². The molecule has 0 amide bonds. The first-order valence-electron chi connectivity index (χ1n) is 4.95. The van der Waals surface area contributed by atoms with E-state index in [4.69, 9.17) is 5.73 Å². The Morgan fingerprint density at radius 3 is 2.46 bits per heavy atom. The first kappa shape index (κ1) is 10.1. The summed E-state index contributed by atoms with van der Waals surface area (Å²) in [6.45, 7) is 4.45. The highest BCUT2D eigenvalue weighted by Gasteiger charge is 2.09. The highest BCUT2D eigenvalue weighted by Crippen LogP contribution is 2.15. The van der Waals surface area contributed by atoms with E-state index < -0.39 is 0 Å². The van der Waals surface area contributed by atoms with E-state index in [1.165, 1.54) is 12.8 Å². The maximum Gasteiger partial charge on any atom is 0.141 e. The van der Waals surface area contributed by atoms with Crippen LogP contribution in [0.5, 0.6) is 0 Å². The molecule has 0 saturated carbocycles. The highest BCUT2D eigenvalue weighted by molar-refractivity contribution is 5.25. The molecule has 1 heterocycles. The van der Waals surface area contributed by atoms with Crippen LogP contribution in [0.3, 0.4) is 0 Å². The summed E-state index contributed by atoms with van der Waals surface area (Å²) < 4.78 is 2.02. The van der Waals surface area contributed by atoms with E-state index in [0.717, 1.165) is 18.2 Å². The molecule has 3 heteroatoms. The van der Waals surface area contributed by atoms with Crippen molar-refractivity contribution in [1.29, 1.82) is 0 Å². The van der Waals surface area contributed by atoms with Crippen LogP contribution in [0, 0.1) is 5.92 Å². The molecule has 0 atom stereocenters. The van der Waals surface area contributed by atoms with Crippen LogP contribution < -0.4 is 5.73 Å². The van der Waals surface area contributed by atoms with E-state index >= 15 is 0 Å². The molecule has 1 aromatic rings. The third-order valence-corrected chi connectivity index (χ3v) is 2.62. The minimum atomic E-state index is 0.628. The van der Waals surface area contributed by atoms with E-state index in [1.54, 1.807) is 0 Å². The summed E-state index contributed by atoms with van der Waals surface area (Å²) in [6.07, 6.45) is 5.34. The lowest BCUT2D eigenvalue weighted by atomic mass is 9.99. The van der Waals surface area contributed by atoms with Gasteiger partial charge in [-0.1, -0.05) is 26.7 Å². The van der Waals surface area contributed by atoms with Gasteiger partial charge < -0.3 is 10.3 Å². The molecule has 0 fully saturated rings. The summed E-state index contributed by atoms with van der Waals surface area (Å²) in [6, 6.07) is 0. The molecule has 1 rings (SSSR count). The van der Waals surface area contributed by atoms with E-state index in [1.807, 2.05) is 17.8 Å². The van der Waals surface area contributed by atoms with Crippen molar-refractivity contribution in [3.05, 3.63) is 12.0 Å². The first-order valence-corrected chi connectivity index (χ1v) is 4.95. The van der Waals surface area contributed by atoms with Crippen LogP contribution in [0.25, 0.3) is 0 Å². The number of aromatic nitrogens is 2. The molecule has 1 aromatic heterocycles. The number of nitrogen functional groups attached to an aromatic ring is 1. The van der Waals surface area contributed by atoms with Gasteiger partial charge in [-0.25, -0.2) is 4.98 Å². The molecule has 0 radical (unpaired) electrons. The predicted molar refractivity (Wildman–Crippen MR) is 55.4 cm³/mol. The largest absolute Gasteiger partial charge is 0.382 e. The Morgan fingerprint density at radius 2 is 2.08 bits per heavy atom. The Kier molecular flexibility index (Phi) is 3.34. The number of nitrogens with zero attached hydrogens (tertiary/aromatic N) is 2. The number of hydrogen-bond donors (Lipinski definition) is 1. The molecule has 0 aliphatic carbocycles. The molecule has 13 heavy (non-hydrogen) atoms. The van der Waals surface area contributed by atoms with Crippen LogP contribution >= 0.6 is 0 Å². The fourth-order valence-electron chi connectivity index (χ4n) is 1.55. The number of aryl methyl sites for hydroxylation is 1. The highest BCUT2D eigenvalue weighted by atomic mass is 15.1. The van der Waals surface area contributed by atoms with Gasteiger partial charge in [-0.15, -0.1) is 0 Å². The summed E-state index contributed by atoms with van der Waals surface area (Å²) >= 11 is 0. The number of imidazole rings is 1. The van der Waals surface area contributed by atoms with Crippen LogP contribution in [-0.2, 0) is 13.5 Å². The molecule has 0 aromatic carbocycles. The summed E-state index contributed by atoms with van der Waals surface area (Å²) in [5.74, 6) is 2.47. The number of hydrogen-bond acceptors (Lipinski definition) is 2. The van der Waals surface area contributed by atoms with E-state index in [2.05, 4.69) is 18.8 Å². The van der Waals surface area contributed by atoms with Gasteiger partial charge in [0.25, 0.3) is 0 Å². The molecule has 0 bridgehead atoms. The quantitative estimate of drug-likeness (QED) is 0.772. The third-order valence-electron chi connectivity index (χ3n) is 2.62. The van der Waals surface area contributed by atoms with E-state index in [0.29, 0.717) is 5.82 Å². The average molecular weight is 181 g/mol. The zero-order valence-corrected chi connectivity index (χ0v) is 8.75. The smallest absolute Gasteiger partial charge is 0.141 e. The Labute approximate surface area is 80.0 Å². The normalized spacial score (nSPS) is 11.1. The van der Waals surface area contributed by atoms with Gasteiger partial charge in [0, 0.05) is 19.7 Å². The molecule has 2 N–H and O–H groups in total. The lowest BCUT2D eigenvalue weighted by Gasteiger charge is -2.10. The molecule has 3 nitrogen and oxygen atoms in total. The summed E-state index contributed by atoms with van der Waals surface area (Å²) in [5.41, 5.74) is 5.61. The van der Waals surface area contributed by atoms with Crippen molar-refractivity contribution >= 4 is 5.82 Å². The second kappa shape index (κ2) is 4.30. The summed E-state index contributed by atoms with van der Waals surface area (Å²) in [7, 11) is 2.00. The number of nitrogens with two attached hydrogens (primary N) is 1. The molecular formula is C10H19N3. The second-order valence-corrected chi connectivity index (χ2v) is 3.58. The van der Waals surface area contributed by atoms with Crippen LogP contribution in [0.2, 0.25) is 0 Å². The van der Waals surface area contributed by atoms with Crippen molar-refractivity contribution < 1.29 is 0 Å². The zero-order valence-electron chi connectivity index (χ0n) is 8.75. The Bertz CT molecular complexity index is 261. The standard InChI is InChI=1S/C10H19N3/c1-4-8(5-2)6-10-12-9(11)7-13(10)3/h7-8H,4-6,11H2,1-3H3. The molecule has 0 spiro atoms. The fraction of sp³-hybridized carbons (Fsp3) is 0.700. The lowest BCUT2D eigenvalue weighted by Crippen LogP contribution is -2.06. The van der Waals surface area contributed by atoms with Gasteiger partial charge in [0.2, 0.25) is 0 Å². The molecule has 0 aliphatic rings. The average Bonchev–Trinajstić information content (AvgIpc) is 2.41. The molecular weight excluding hydrogens is 162 g/mol. The van der Waals surface area contributed by atoms with Crippen molar-refractivity contribution in [2.75, 3.05) is 5.73 Å². The predicted octanol–water partition coefficient (Wildman–Crippen LogP) is 1.98. The second-order valence-electron chi connectivity index (χ2n) is 3.58. The first-order chi connectivity index (χ1) is 6.17.